The predicted octanol–water partition coefficient (Wildman–Crippen LogP) is 3.34. The number of ketones is 1. The van der Waals surface area contributed by atoms with Crippen molar-refractivity contribution in [2.45, 2.75) is 19.8 Å². The highest BCUT2D eigenvalue weighted by molar-refractivity contribution is 6.04. The predicted molar refractivity (Wildman–Crippen MR) is 60.7 cm³/mol. The second kappa shape index (κ2) is 6.77. The van der Waals surface area contributed by atoms with Gasteiger partial charge in [-0.05, 0) is 18.6 Å². The van der Waals surface area contributed by atoms with Crippen molar-refractivity contribution in [3.05, 3.63) is 48.0 Å². The van der Waals surface area contributed by atoms with Gasteiger partial charge in [0.15, 0.2) is 5.78 Å². The molecule has 0 bridgehead atoms. The molecule has 0 aliphatic heterocycles. The van der Waals surface area contributed by atoms with Gasteiger partial charge in [0.2, 0.25) is 0 Å². The minimum atomic E-state index is -0.411. The molecule has 0 N–H and O–H groups in total. The Balaban J connectivity index is 2.46. The van der Waals surface area contributed by atoms with Crippen LogP contribution in [0.1, 0.15) is 30.1 Å². The van der Waals surface area contributed by atoms with Crippen LogP contribution in [0, 0.1) is 5.82 Å². The fourth-order valence-electron chi connectivity index (χ4n) is 1.14. The van der Waals surface area contributed by atoms with Crippen molar-refractivity contribution in [3.8, 4) is 0 Å². The molecule has 1 aromatic rings. The van der Waals surface area contributed by atoms with Crippen LogP contribution in [0.25, 0.3) is 0 Å². The quantitative estimate of drug-likeness (QED) is 0.319. The van der Waals surface area contributed by atoms with E-state index in [4.69, 9.17) is 4.74 Å². The van der Waals surface area contributed by atoms with E-state index in [0.717, 1.165) is 12.8 Å². The molecule has 0 radical (unpaired) electrons. The van der Waals surface area contributed by atoms with Crippen LogP contribution in [0.3, 0.4) is 0 Å². The number of carbonyl (C=O) groups is 1. The molecule has 0 heterocycles. The van der Waals surface area contributed by atoms with Crippen molar-refractivity contribution in [1.29, 1.82) is 0 Å². The summed E-state index contributed by atoms with van der Waals surface area (Å²) in [4.78, 5) is 11.5. The molecule has 3 heteroatoms. The van der Waals surface area contributed by atoms with E-state index >= 15 is 0 Å². The number of ether oxygens (including phenoxy) is 1. The molecule has 0 amide bonds. The minimum absolute atomic E-state index is 0.254. The van der Waals surface area contributed by atoms with Crippen LogP contribution < -0.4 is 0 Å². The third-order valence-electron chi connectivity index (χ3n) is 2.04. The second-order valence-corrected chi connectivity index (χ2v) is 3.40. The Kier molecular flexibility index (Phi) is 5.26. The third-order valence-corrected chi connectivity index (χ3v) is 2.04. The maximum absolute atomic E-state index is 12.8. The molecule has 86 valence electrons. The average molecular weight is 222 g/mol. The lowest BCUT2D eigenvalue weighted by Gasteiger charge is -1.98. The minimum Gasteiger partial charge on any atom is -0.501 e. The zero-order valence-electron chi connectivity index (χ0n) is 9.28. The van der Waals surface area contributed by atoms with Gasteiger partial charge in [-0.3, -0.25) is 4.79 Å². The summed E-state index contributed by atoms with van der Waals surface area (Å²) in [6.07, 6.45) is 4.68. The van der Waals surface area contributed by atoms with Gasteiger partial charge in [0.1, 0.15) is 5.82 Å². The van der Waals surface area contributed by atoms with Crippen molar-refractivity contribution in [2.75, 3.05) is 6.61 Å². The summed E-state index contributed by atoms with van der Waals surface area (Å²) in [6.45, 7) is 2.66. The highest BCUT2D eigenvalue weighted by Crippen LogP contribution is 2.05. The van der Waals surface area contributed by atoms with Gasteiger partial charge in [-0.1, -0.05) is 25.5 Å². The monoisotopic (exact) mass is 222 g/mol. The summed E-state index contributed by atoms with van der Waals surface area (Å²) in [7, 11) is 0. The highest BCUT2D eigenvalue weighted by Gasteiger charge is 2.02. The van der Waals surface area contributed by atoms with Gasteiger partial charge in [0.25, 0.3) is 0 Å². The van der Waals surface area contributed by atoms with Crippen molar-refractivity contribution in [2.24, 2.45) is 0 Å². The molecule has 0 fully saturated rings. The Morgan fingerprint density at radius 2 is 2.31 bits per heavy atom. The number of halogens is 1. The molecule has 0 atom stereocenters. The largest absolute Gasteiger partial charge is 0.501 e. The SMILES string of the molecule is CCCCO/C=C/C(=O)c1cccc(F)c1. The number of benzene rings is 1. The van der Waals surface area contributed by atoms with E-state index in [1.807, 2.05) is 0 Å². The first-order valence-corrected chi connectivity index (χ1v) is 5.32. The van der Waals surface area contributed by atoms with Crippen LogP contribution in [0.2, 0.25) is 0 Å². The van der Waals surface area contributed by atoms with Gasteiger partial charge in [0.05, 0.1) is 12.9 Å². The first-order valence-electron chi connectivity index (χ1n) is 5.32. The van der Waals surface area contributed by atoms with E-state index in [1.165, 1.54) is 30.5 Å². The molecular formula is C13H15FO2. The fraction of sp³-hybridized carbons (Fsp3) is 0.308. The summed E-state index contributed by atoms with van der Waals surface area (Å²) < 4.78 is 17.9. The number of allylic oxidation sites excluding steroid dienone is 1. The van der Waals surface area contributed by atoms with Crippen molar-refractivity contribution in [3.63, 3.8) is 0 Å². The molecule has 1 aromatic carbocycles. The molecule has 0 unspecified atom stereocenters. The molecule has 0 spiro atoms. The van der Waals surface area contributed by atoms with E-state index in [9.17, 15) is 9.18 Å². The van der Waals surface area contributed by atoms with E-state index in [0.29, 0.717) is 12.2 Å². The molecule has 0 aromatic heterocycles. The van der Waals surface area contributed by atoms with Crippen LogP contribution in [0.4, 0.5) is 4.39 Å². The van der Waals surface area contributed by atoms with Crippen molar-refractivity contribution in [1.82, 2.24) is 0 Å². The number of rotatable bonds is 6. The van der Waals surface area contributed by atoms with E-state index in [-0.39, 0.29) is 5.78 Å². The second-order valence-electron chi connectivity index (χ2n) is 3.40. The fourth-order valence-corrected chi connectivity index (χ4v) is 1.14. The average Bonchev–Trinajstić information content (AvgIpc) is 2.28. The summed E-state index contributed by atoms with van der Waals surface area (Å²) in [5.74, 6) is -0.665. The third kappa shape index (κ3) is 4.26. The van der Waals surface area contributed by atoms with Gasteiger partial charge in [0, 0.05) is 11.6 Å². The smallest absolute Gasteiger partial charge is 0.188 e. The maximum atomic E-state index is 12.8. The van der Waals surface area contributed by atoms with Crippen LogP contribution in [-0.2, 0) is 4.74 Å². The Morgan fingerprint density at radius 1 is 1.50 bits per heavy atom. The lowest BCUT2D eigenvalue weighted by Crippen LogP contribution is -1.95. The number of hydrogen-bond donors (Lipinski definition) is 0. The van der Waals surface area contributed by atoms with Gasteiger partial charge < -0.3 is 4.74 Å². The Morgan fingerprint density at radius 3 is 3.00 bits per heavy atom. The van der Waals surface area contributed by atoms with Crippen molar-refractivity contribution < 1.29 is 13.9 Å². The molecule has 0 saturated heterocycles. The van der Waals surface area contributed by atoms with E-state index in [1.54, 1.807) is 6.07 Å². The van der Waals surface area contributed by atoms with Crippen LogP contribution >= 0.6 is 0 Å². The molecule has 1 rings (SSSR count). The maximum Gasteiger partial charge on any atom is 0.188 e. The zero-order chi connectivity index (χ0) is 11.8. The summed E-state index contributed by atoms with van der Waals surface area (Å²) >= 11 is 0. The number of hydrogen-bond acceptors (Lipinski definition) is 2. The number of unbranched alkanes of at least 4 members (excludes halogenated alkanes) is 1. The van der Waals surface area contributed by atoms with Gasteiger partial charge >= 0.3 is 0 Å². The normalized spacial score (nSPS) is 10.6. The van der Waals surface area contributed by atoms with E-state index in [2.05, 4.69) is 6.92 Å². The molecule has 16 heavy (non-hydrogen) atoms. The molecule has 0 aliphatic rings. The van der Waals surface area contributed by atoms with Gasteiger partial charge in [-0.2, -0.15) is 0 Å². The first kappa shape index (κ1) is 12.4. The summed E-state index contributed by atoms with van der Waals surface area (Å²) in [5, 5.41) is 0. The van der Waals surface area contributed by atoms with E-state index < -0.39 is 5.82 Å². The molecule has 2 nitrogen and oxygen atoms in total. The Bertz CT molecular complexity index is 372. The molecule has 0 aliphatic carbocycles. The Hall–Kier alpha value is -1.64. The standard InChI is InChI=1S/C13H15FO2/c1-2-3-8-16-9-7-13(15)11-5-4-6-12(14)10-11/h4-7,9-10H,2-3,8H2,1H3/b9-7+. The lowest BCUT2D eigenvalue weighted by molar-refractivity contribution is 0.104. The lowest BCUT2D eigenvalue weighted by atomic mass is 10.1. The molecule has 0 saturated carbocycles. The summed E-state index contributed by atoms with van der Waals surface area (Å²) in [6, 6.07) is 5.59. The van der Waals surface area contributed by atoms with Gasteiger partial charge in [-0.25, -0.2) is 4.39 Å². The number of carbonyl (C=O) groups excluding carboxylic acids is 1. The van der Waals surface area contributed by atoms with Crippen LogP contribution in [-0.4, -0.2) is 12.4 Å². The zero-order valence-corrected chi connectivity index (χ0v) is 9.28. The Labute approximate surface area is 94.7 Å². The first-order chi connectivity index (χ1) is 7.74. The van der Waals surface area contributed by atoms with Crippen LogP contribution in [0.5, 0.6) is 0 Å². The summed E-state index contributed by atoms with van der Waals surface area (Å²) in [5.41, 5.74) is 0.329. The molecular weight excluding hydrogens is 207 g/mol. The highest BCUT2D eigenvalue weighted by atomic mass is 19.1. The topological polar surface area (TPSA) is 26.3 Å². The van der Waals surface area contributed by atoms with Crippen molar-refractivity contribution >= 4 is 5.78 Å². The van der Waals surface area contributed by atoms with Crippen LogP contribution in [0.15, 0.2) is 36.6 Å². The van der Waals surface area contributed by atoms with Gasteiger partial charge in [-0.15, -0.1) is 0 Å².